The minimum absolute atomic E-state index is 0.00897. The van der Waals surface area contributed by atoms with Crippen LogP contribution in [0.25, 0.3) is 5.70 Å². The summed E-state index contributed by atoms with van der Waals surface area (Å²) in [5, 5.41) is 0. The summed E-state index contributed by atoms with van der Waals surface area (Å²) >= 11 is 0. The number of hydrogen-bond acceptors (Lipinski definition) is 5. The van der Waals surface area contributed by atoms with Crippen molar-refractivity contribution in [3.63, 3.8) is 0 Å². The van der Waals surface area contributed by atoms with Gasteiger partial charge in [-0.15, -0.1) is 0 Å². The molecule has 3 saturated carbocycles. The third-order valence-corrected chi connectivity index (χ3v) is 8.35. The molecule has 1 saturated heterocycles. The third kappa shape index (κ3) is 3.43. The second kappa shape index (κ2) is 7.48. The van der Waals surface area contributed by atoms with E-state index in [1.54, 1.807) is 12.3 Å². The first-order valence-electron chi connectivity index (χ1n) is 11.8. The molecule has 6 rings (SSSR count). The standard InChI is InChI=1S/C24H30F2N4O2/c1-24-11-16(29-4-6-31-7-5-29)9-17(24)21(24)19-10-18(30(19)13-14-2-3-14)15-8-20(32-23(25)26)22(27)28-12-15/h8,10,12,14,16-17,21,23,27H,2-7,9,11,13H2,1H3/p+1. The van der Waals surface area contributed by atoms with Gasteiger partial charge in [0.2, 0.25) is 5.70 Å². The fraction of sp³-hybridized carbons (Fsp3) is 0.667. The largest absolute Gasteiger partial charge is 0.431 e. The van der Waals surface area contributed by atoms with E-state index >= 15 is 0 Å². The van der Waals surface area contributed by atoms with Crippen LogP contribution in [0.5, 0.6) is 5.75 Å². The molecule has 5 aliphatic rings. The molecule has 4 unspecified atom stereocenters. The van der Waals surface area contributed by atoms with Crippen molar-refractivity contribution in [2.45, 2.75) is 45.3 Å². The molecule has 32 heavy (non-hydrogen) atoms. The number of rotatable bonds is 7. The molecule has 0 bridgehead atoms. The lowest BCUT2D eigenvalue weighted by molar-refractivity contribution is -0.447. The number of hydrogen-bond donors (Lipinski definition) is 1. The van der Waals surface area contributed by atoms with Gasteiger partial charge in [-0.2, -0.15) is 13.4 Å². The maximum atomic E-state index is 12.8. The van der Waals surface area contributed by atoms with Crippen molar-refractivity contribution >= 4 is 17.2 Å². The van der Waals surface area contributed by atoms with Crippen LogP contribution >= 0.6 is 0 Å². The fourth-order valence-electron chi connectivity index (χ4n) is 6.41. The third-order valence-electron chi connectivity index (χ3n) is 8.35. The maximum Gasteiger partial charge on any atom is 0.387 e. The lowest BCUT2D eigenvalue weighted by Gasteiger charge is -2.34. The molecule has 0 amide bonds. The summed E-state index contributed by atoms with van der Waals surface area (Å²) in [6.45, 7) is 4.36. The number of halogens is 2. The molecule has 0 spiro atoms. The minimum Gasteiger partial charge on any atom is -0.431 e. The molecular formula is C24H31F2N4O2+. The Kier molecular flexibility index (Phi) is 4.80. The summed E-state index contributed by atoms with van der Waals surface area (Å²) in [5.41, 5.74) is 9.38. The van der Waals surface area contributed by atoms with Gasteiger partial charge in [0.15, 0.2) is 23.8 Å². The van der Waals surface area contributed by atoms with E-state index in [0.29, 0.717) is 17.4 Å². The van der Waals surface area contributed by atoms with E-state index in [9.17, 15) is 8.78 Å². The number of nitrogens with two attached hydrogens (primary N) is 1. The van der Waals surface area contributed by atoms with E-state index in [1.807, 2.05) is 0 Å². The lowest BCUT2D eigenvalue weighted by atomic mass is 9.91. The van der Waals surface area contributed by atoms with Crippen molar-refractivity contribution in [2.24, 2.45) is 23.2 Å². The Morgan fingerprint density at radius 2 is 2.12 bits per heavy atom. The van der Waals surface area contributed by atoms with E-state index < -0.39 is 6.61 Å². The summed E-state index contributed by atoms with van der Waals surface area (Å²) < 4.78 is 38.1. The number of nitrogens with zero attached hydrogens (tertiary/aromatic N) is 3. The topological polar surface area (TPSA) is 63.6 Å². The highest BCUT2D eigenvalue weighted by molar-refractivity contribution is 6.06. The molecular weight excluding hydrogens is 414 g/mol. The highest BCUT2D eigenvalue weighted by atomic mass is 19.3. The van der Waals surface area contributed by atoms with Crippen LogP contribution in [0.4, 0.5) is 14.6 Å². The van der Waals surface area contributed by atoms with Gasteiger partial charge in [0.25, 0.3) is 0 Å². The van der Waals surface area contributed by atoms with Crippen molar-refractivity contribution < 1.29 is 22.8 Å². The molecule has 3 aliphatic carbocycles. The zero-order valence-electron chi connectivity index (χ0n) is 18.5. The summed E-state index contributed by atoms with van der Waals surface area (Å²) in [4.78, 5) is 6.73. The van der Waals surface area contributed by atoms with E-state index in [4.69, 9.17) is 10.5 Å². The quantitative estimate of drug-likeness (QED) is 0.653. The summed E-state index contributed by atoms with van der Waals surface area (Å²) in [6, 6.07) is 2.28. The molecule has 1 aromatic rings. The molecule has 1 aromatic heterocycles. The van der Waals surface area contributed by atoms with Gasteiger partial charge in [-0.25, -0.2) is 4.98 Å². The predicted octanol–water partition coefficient (Wildman–Crippen LogP) is 3.23. The van der Waals surface area contributed by atoms with Crippen molar-refractivity contribution in [1.29, 1.82) is 0 Å². The highest BCUT2D eigenvalue weighted by Gasteiger charge is 2.71. The van der Waals surface area contributed by atoms with Gasteiger partial charge in [0, 0.05) is 31.2 Å². The molecule has 172 valence electrons. The SMILES string of the molecule is CC12CC(N3CCOCC3)CC1C2C1=[N+](CC2CC2)C(c2cnc(N)c(OC(F)F)c2)=C1. The zero-order chi connectivity index (χ0) is 22.0. The Morgan fingerprint density at radius 1 is 1.34 bits per heavy atom. The van der Waals surface area contributed by atoms with Crippen molar-refractivity contribution in [2.75, 3.05) is 38.6 Å². The van der Waals surface area contributed by atoms with Gasteiger partial charge in [-0.3, -0.25) is 4.90 Å². The van der Waals surface area contributed by atoms with Crippen molar-refractivity contribution in [3.05, 3.63) is 23.9 Å². The van der Waals surface area contributed by atoms with Crippen LogP contribution in [-0.2, 0) is 4.74 Å². The first-order chi connectivity index (χ1) is 15.4. The van der Waals surface area contributed by atoms with E-state index in [-0.39, 0.29) is 11.6 Å². The van der Waals surface area contributed by atoms with Gasteiger partial charge in [0.05, 0.1) is 30.8 Å². The van der Waals surface area contributed by atoms with Crippen LogP contribution in [0.3, 0.4) is 0 Å². The number of nitrogen functional groups attached to an aromatic ring is 1. The average molecular weight is 446 g/mol. The number of ether oxygens (including phenoxy) is 2. The smallest absolute Gasteiger partial charge is 0.387 e. The number of fused-ring (bicyclic) bond motifs is 1. The fourth-order valence-corrected chi connectivity index (χ4v) is 6.41. The Balaban J connectivity index is 1.21. The van der Waals surface area contributed by atoms with Crippen LogP contribution in [0, 0.1) is 23.2 Å². The summed E-state index contributed by atoms with van der Waals surface area (Å²) in [5.74, 6) is 1.99. The average Bonchev–Trinajstić information content (AvgIpc) is 3.65. The molecule has 0 aromatic carbocycles. The van der Waals surface area contributed by atoms with Crippen LogP contribution < -0.4 is 10.5 Å². The number of pyridine rings is 1. The van der Waals surface area contributed by atoms with E-state index in [0.717, 1.165) is 55.9 Å². The number of anilines is 1. The molecule has 8 heteroatoms. The van der Waals surface area contributed by atoms with Gasteiger partial charge >= 0.3 is 6.61 Å². The van der Waals surface area contributed by atoms with Gasteiger partial charge in [-0.1, -0.05) is 6.92 Å². The van der Waals surface area contributed by atoms with Crippen LogP contribution in [0.1, 0.15) is 38.2 Å². The van der Waals surface area contributed by atoms with Crippen LogP contribution in [-0.4, -0.2) is 65.7 Å². The Hall–Kier alpha value is -2.06. The van der Waals surface area contributed by atoms with Crippen molar-refractivity contribution in [3.8, 4) is 5.75 Å². The second-order valence-electron chi connectivity index (χ2n) is 10.3. The predicted molar refractivity (Wildman–Crippen MR) is 117 cm³/mol. The Bertz CT molecular complexity index is 986. The van der Waals surface area contributed by atoms with Gasteiger partial charge in [0.1, 0.15) is 0 Å². The second-order valence-corrected chi connectivity index (χ2v) is 10.3. The van der Waals surface area contributed by atoms with Crippen LogP contribution in [0.2, 0.25) is 0 Å². The number of aromatic nitrogens is 1. The molecule has 2 N–H and O–H groups in total. The number of allylic oxidation sites excluding steroid dienone is 1. The molecule has 2 aliphatic heterocycles. The Labute approximate surface area is 187 Å². The molecule has 0 radical (unpaired) electrons. The monoisotopic (exact) mass is 445 g/mol. The first-order valence-corrected chi connectivity index (χ1v) is 11.8. The molecule has 6 nitrogen and oxygen atoms in total. The number of alkyl halides is 2. The maximum absolute atomic E-state index is 12.8. The minimum atomic E-state index is -2.92. The van der Waals surface area contributed by atoms with E-state index in [1.165, 1.54) is 31.4 Å². The highest BCUT2D eigenvalue weighted by Crippen LogP contribution is 2.70. The first kappa shape index (κ1) is 20.5. The van der Waals surface area contributed by atoms with Gasteiger partial charge < -0.3 is 15.2 Å². The molecule has 3 heterocycles. The van der Waals surface area contributed by atoms with Crippen LogP contribution in [0.15, 0.2) is 18.3 Å². The normalized spacial score (nSPS) is 34.4. The summed E-state index contributed by atoms with van der Waals surface area (Å²) in [7, 11) is 0. The lowest BCUT2D eigenvalue weighted by Crippen LogP contribution is -2.44. The van der Waals surface area contributed by atoms with Gasteiger partial charge in [-0.05, 0) is 43.1 Å². The molecule has 4 atom stereocenters. The zero-order valence-corrected chi connectivity index (χ0v) is 18.5. The number of morpholine rings is 1. The summed E-state index contributed by atoms with van der Waals surface area (Å²) in [6.07, 6.45) is 8.96. The van der Waals surface area contributed by atoms with Crippen molar-refractivity contribution in [1.82, 2.24) is 9.88 Å². The van der Waals surface area contributed by atoms with E-state index in [2.05, 4.69) is 32.2 Å². The molecule has 4 fully saturated rings. The Morgan fingerprint density at radius 3 is 2.78 bits per heavy atom.